The predicted molar refractivity (Wildman–Crippen MR) is 69.5 cm³/mol. The van der Waals surface area contributed by atoms with Crippen LogP contribution >= 0.6 is 0 Å². The van der Waals surface area contributed by atoms with E-state index in [0.717, 1.165) is 17.0 Å². The number of rotatable bonds is 5. The van der Waals surface area contributed by atoms with Gasteiger partial charge in [-0.15, -0.1) is 0 Å². The van der Waals surface area contributed by atoms with Gasteiger partial charge in [-0.3, -0.25) is 24.6 Å². The molecule has 1 aliphatic heterocycles. The number of nitrogens with zero attached hydrogens (tertiary/aromatic N) is 2. The van der Waals surface area contributed by atoms with Gasteiger partial charge in [-0.25, -0.2) is 0 Å². The van der Waals surface area contributed by atoms with Crippen LogP contribution in [0.1, 0.15) is 6.42 Å². The maximum Gasteiger partial charge on any atom is 0.387 e. The normalized spacial score (nSPS) is 18.0. The summed E-state index contributed by atoms with van der Waals surface area (Å²) in [6.45, 7) is -3.23. The number of nitro groups is 1. The Morgan fingerprint density at radius 2 is 2.14 bits per heavy atom. The number of hydrogen-bond donors (Lipinski definition) is 1. The first kappa shape index (κ1) is 15.6. The Morgan fingerprint density at radius 1 is 1.45 bits per heavy atom. The third-order valence-electron chi connectivity index (χ3n) is 3.09. The van der Waals surface area contributed by atoms with E-state index in [2.05, 4.69) is 10.1 Å². The summed E-state index contributed by atoms with van der Waals surface area (Å²) in [7, 11) is 1.33. The van der Waals surface area contributed by atoms with E-state index in [-0.39, 0.29) is 18.0 Å². The van der Waals surface area contributed by atoms with E-state index in [9.17, 15) is 28.5 Å². The molecular formula is C12H11F2N3O5. The van der Waals surface area contributed by atoms with E-state index in [4.69, 9.17) is 0 Å². The van der Waals surface area contributed by atoms with Crippen molar-refractivity contribution in [3.63, 3.8) is 0 Å². The van der Waals surface area contributed by atoms with Crippen molar-refractivity contribution in [2.45, 2.75) is 19.1 Å². The second-order valence-electron chi connectivity index (χ2n) is 4.51. The zero-order valence-corrected chi connectivity index (χ0v) is 11.3. The minimum Gasteiger partial charge on any atom is -0.427 e. The zero-order chi connectivity index (χ0) is 16.4. The van der Waals surface area contributed by atoms with E-state index in [0.29, 0.717) is 0 Å². The first-order valence-corrected chi connectivity index (χ1v) is 6.09. The smallest absolute Gasteiger partial charge is 0.387 e. The lowest BCUT2D eigenvalue weighted by Crippen LogP contribution is -2.31. The standard InChI is InChI=1S/C12H11F2N3O5/c1-16-10(18)5-7(11(16)19)15-6-2-3-8(17(20)21)9(4-6)22-12(13)14/h2-4,7,12,15H,5H2,1H3/t7-/m0/s1. The van der Waals surface area contributed by atoms with Crippen molar-refractivity contribution in [1.29, 1.82) is 0 Å². The van der Waals surface area contributed by atoms with E-state index in [1.165, 1.54) is 13.1 Å². The van der Waals surface area contributed by atoms with Gasteiger partial charge >= 0.3 is 12.3 Å². The molecule has 8 nitrogen and oxygen atoms in total. The summed E-state index contributed by atoms with van der Waals surface area (Å²) in [4.78, 5) is 34.0. The van der Waals surface area contributed by atoms with Crippen LogP contribution in [-0.2, 0) is 9.59 Å². The van der Waals surface area contributed by atoms with Gasteiger partial charge in [0.1, 0.15) is 6.04 Å². The van der Waals surface area contributed by atoms with Crippen LogP contribution in [0, 0.1) is 10.1 Å². The van der Waals surface area contributed by atoms with Crippen molar-refractivity contribution >= 4 is 23.2 Å². The van der Waals surface area contributed by atoms with Crippen molar-refractivity contribution in [2.24, 2.45) is 0 Å². The molecule has 1 aromatic rings. The van der Waals surface area contributed by atoms with Gasteiger partial charge in [-0.2, -0.15) is 8.78 Å². The fourth-order valence-corrected chi connectivity index (χ4v) is 2.01. The van der Waals surface area contributed by atoms with Crippen molar-refractivity contribution in [3.8, 4) is 5.75 Å². The van der Waals surface area contributed by atoms with Crippen molar-refractivity contribution in [2.75, 3.05) is 12.4 Å². The Hall–Kier alpha value is -2.78. The molecule has 0 saturated carbocycles. The molecule has 0 aromatic heterocycles. The Labute approximate surface area is 122 Å². The molecule has 10 heteroatoms. The summed E-state index contributed by atoms with van der Waals surface area (Å²) in [6, 6.07) is 2.36. The molecule has 2 amide bonds. The second kappa shape index (κ2) is 5.92. The lowest BCUT2D eigenvalue weighted by Gasteiger charge is -2.13. The minimum absolute atomic E-state index is 0.0860. The molecule has 1 aromatic carbocycles. The van der Waals surface area contributed by atoms with Crippen LogP contribution in [0.5, 0.6) is 5.75 Å². The average Bonchev–Trinajstić information content (AvgIpc) is 2.65. The number of likely N-dealkylation sites (tertiary alicyclic amines) is 1. The maximum absolute atomic E-state index is 12.3. The van der Waals surface area contributed by atoms with Gasteiger partial charge in [-0.05, 0) is 6.07 Å². The lowest BCUT2D eigenvalue weighted by molar-refractivity contribution is -0.386. The SMILES string of the molecule is CN1C(=O)C[C@H](Nc2ccc([N+](=O)[O-])c(OC(F)F)c2)C1=O. The third-order valence-corrected chi connectivity index (χ3v) is 3.09. The first-order chi connectivity index (χ1) is 10.3. The van der Waals surface area contributed by atoms with Gasteiger partial charge in [0.05, 0.1) is 11.3 Å². The van der Waals surface area contributed by atoms with Gasteiger partial charge < -0.3 is 10.1 Å². The van der Waals surface area contributed by atoms with Gasteiger partial charge in [0, 0.05) is 24.9 Å². The number of ether oxygens (including phenoxy) is 1. The predicted octanol–water partition coefficient (Wildman–Crippen LogP) is 1.37. The van der Waals surface area contributed by atoms with Crippen LogP contribution in [0.2, 0.25) is 0 Å². The number of halogens is 2. The Balaban J connectivity index is 2.24. The third kappa shape index (κ3) is 3.10. The number of anilines is 1. The zero-order valence-electron chi connectivity index (χ0n) is 11.3. The first-order valence-electron chi connectivity index (χ1n) is 6.09. The summed E-state index contributed by atoms with van der Waals surface area (Å²) >= 11 is 0. The summed E-state index contributed by atoms with van der Waals surface area (Å²) in [5.74, 6) is -1.48. The van der Waals surface area contributed by atoms with Crippen LogP contribution in [-0.4, -0.2) is 41.3 Å². The number of alkyl halides is 2. The van der Waals surface area contributed by atoms with Gasteiger partial charge in [-0.1, -0.05) is 0 Å². The Bertz CT molecular complexity index is 637. The number of likely N-dealkylation sites (N-methyl/N-ethyl adjacent to an activating group) is 1. The number of carbonyl (C=O) groups is 2. The molecule has 1 aliphatic rings. The number of benzene rings is 1. The van der Waals surface area contributed by atoms with Crippen LogP contribution < -0.4 is 10.1 Å². The van der Waals surface area contributed by atoms with Gasteiger partial charge in [0.25, 0.3) is 5.91 Å². The van der Waals surface area contributed by atoms with Crippen molar-refractivity contribution in [1.82, 2.24) is 4.90 Å². The van der Waals surface area contributed by atoms with Crippen LogP contribution in [0.4, 0.5) is 20.2 Å². The van der Waals surface area contributed by atoms with E-state index < -0.39 is 34.9 Å². The summed E-state index contributed by atoms with van der Waals surface area (Å²) in [5.41, 5.74) is -0.473. The molecule has 0 radical (unpaired) electrons. The van der Waals surface area contributed by atoms with Crippen LogP contribution in [0.15, 0.2) is 18.2 Å². The largest absolute Gasteiger partial charge is 0.427 e. The molecule has 0 spiro atoms. The lowest BCUT2D eigenvalue weighted by atomic mass is 10.2. The summed E-state index contributed by atoms with van der Waals surface area (Å²) < 4.78 is 28.7. The highest BCUT2D eigenvalue weighted by atomic mass is 19.3. The molecule has 22 heavy (non-hydrogen) atoms. The monoisotopic (exact) mass is 315 g/mol. The molecule has 2 rings (SSSR count). The molecule has 1 atom stereocenters. The van der Waals surface area contributed by atoms with Gasteiger partial charge in [0.15, 0.2) is 0 Å². The molecule has 1 fully saturated rings. The number of hydrogen-bond acceptors (Lipinski definition) is 6. The average molecular weight is 315 g/mol. The molecule has 1 heterocycles. The number of carbonyl (C=O) groups excluding carboxylic acids is 2. The molecule has 0 aliphatic carbocycles. The minimum atomic E-state index is -3.23. The number of nitrogens with one attached hydrogen (secondary N) is 1. The molecule has 0 bridgehead atoms. The highest BCUT2D eigenvalue weighted by Crippen LogP contribution is 2.32. The highest BCUT2D eigenvalue weighted by molar-refractivity contribution is 6.06. The number of imide groups is 1. The Kier molecular flexibility index (Phi) is 4.20. The quantitative estimate of drug-likeness (QED) is 0.500. The molecule has 0 unspecified atom stereocenters. The Morgan fingerprint density at radius 3 is 2.64 bits per heavy atom. The van der Waals surface area contributed by atoms with Crippen LogP contribution in [0.3, 0.4) is 0 Å². The van der Waals surface area contributed by atoms with Crippen molar-refractivity contribution < 1.29 is 28.0 Å². The van der Waals surface area contributed by atoms with Gasteiger partial charge in [0.2, 0.25) is 11.7 Å². The van der Waals surface area contributed by atoms with E-state index in [1.807, 2.05) is 0 Å². The molecular weight excluding hydrogens is 304 g/mol. The van der Waals surface area contributed by atoms with E-state index >= 15 is 0 Å². The molecule has 118 valence electrons. The number of nitro benzene ring substituents is 1. The fourth-order valence-electron chi connectivity index (χ4n) is 2.01. The van der Waals surface area contributed by atoms with Crippen LogP contribution in [0.25, 0.3) is 0 Å². The highest BCUT2D eigenvalue weighted by Gasteiger charge is 2.36. The summed E-state index contributed by atoms with van der Waals surface area (Å²) in [6.07, 6.45) is -0.0860. The molecule has 1 N–H and O–H groups in total. The molecule has 1 saturated heterocycles. The van der Waals surface area contributed by atoms with Crippen molar-refractivity contribution in [3.05, 3.63) is 28.3 Å². The second-order valence-corrected chi connectivity index (χ2v) is 4.51. The maximum atomic E-state index is 12.3. The summed E-state index contributed by atoms with van der Waals surface area (Å²) in [5, 5.41) is 13.4. The fraction of sp³-hybridized carbons (Fsp3) is 0.333. The van der Waals surface area contributed by atoms with E-state index in [1.54, 1.807) is 0 Å². The number of amides is 2. The topological polar surface area (TPSA) is 102 Å².